The molecular formula is C24H24N6O3. The van der Waals surface area contributed by atoms with E-state index in [0.29, 0.717) is 36.2 Å². The summed E-state index contributed by atoms with van der Waals surface area (Å²) in [5.74, 6) is -0.0272. The quantitative estimate of drug-likeness (QED) is 0.476. The van der Waals surface area contributed by atoms with Gasteiger partial charge in [-0.2, -0.15) is 5.10 Å². The fraction of sp³-hybridized carbons (Fsp3) is 0.292. The van der Waals surface area contributed by atoms with Crippen LogP contribution in [0.2, 0.25) is 0 Å². The zero-order valence-corrected chi connectivity index (χ0v) is 18.5. The molecule has 0 saturated carbocycles. The highest BCUT2D eigenvalue weighted by Gasteiger charge is 2.30. The Morgan fingerprint density at radius 3 is 2.61 bits per heavy atom. The average molecular weight is 444 g/mol. The predicted octanol–water partition coefficient (Wildman–Crippen LogP) is 1.51. The van der Waals surface area contributed by atoms with Gasteiger partial charge in [-0.1, -0.05) is 30.3 Å². The van der Waals surface area contributed by atoms with Crippen LogP contribution in [0, 0.1) is 0 Å². The minimum atomic E-state index is -0.402. The molecule has 168 valence electrons. The molecule has 0 spiro atoms. The van der Waals surface area contributed by atoms with Crippen LogP contribution in [-0.2, 0) is 20.6 Å². The topological polar surface area (TPSA) is 95.0 Å². The third-order valence-corrected chi connectivity index (χ3v) is 6.23. The van der Waals surface area contributed by atoms with Gasteiger partial charge in [0.25, 0.3) is 11.5 Å². The highest BCUT2D eigenvalue weighted by atomic mass is 16.2. The average Bonchev–Trinajstić information content (AvgIpc) is 3.50. The molecule has 5 rings (SSSR count). The lowest BCUT2D eigenvalue weighted by Crippen LogP contribution is -2.38. The Morgan fingerprint density at radius 1 is 1.09 bits per heavy atom. The molecule has 4 heterocycles. The summed E-state index contributed by atoms with van der Waals surface area (Å²) >= 11 is 0. The summed E-state index contributed by atoms with van der Waals surface area (Å²) in [6.07, 6.45) is 4.04. The second kappa shape index (κ2) is 8.16. The van der Waals surface area contributed by atoms with Crippen LogP contribution in [-0.4, -0.2) is 47.8 Å². The zero-order valence-electron chi connectivity index (χ0n) is 18.5. The maximum Gasteiger partial charge on any atom is 0.332 e. The van der Waals surface area contributed by atoms with Crippen LogP contribution >= 0.6 is 0 Å². The van der Waals surface area contributed by atoms with Crippen molar-refractivity contribution in [2.24, 2.45) is 14.1 Å². The zero-order chi connectivity index (χ0) is 23.1. The van der Waals surface area contributed by atoms with Crippen LogP contribution in [0.15, 0.2) is 64.4 Å². The first-order valence-corrected chi connectivity index (χ1v) is 10.8. The van der Waals surface area contributed by atoms with Gasteiger partial charge in [-0.15, -0.1) is 0 Å². The number of rotatable bonds is 4. The molecule has 0 bridgehead atoms. The molecule has 1 fully saturated rings. The van der Waals surface area contributed by atoms with E-state index in [1.165, 1.54) is 7.05 Å². The molecule has 1 aromatic carbocycles. The fourth-order valence-electron chi connectivity index (χ4n) is 4.41. The third-order valence-electron chi connectivity index (χ3n) is 6.23. The molecule has 0 radical (unpaired) electrons. The lowest BCUT2D eigenvalue weighted by atomic mass is 10.0. The summed E-state index contributed by atoms with van der Waals surface area (Å²) < 4.78 is 4.28. The van der Waals surface area contributed by atoms with Crippen molar-refractivity contribution < 1.29 is 4.79 Å². The van der Waals surface area contributed by atoms with Crippen molar-refractivity contribution in [3.05, 3.63) is 92.5 Å². The Hall–Kier alpha value is -4.01. The Morgan fingerprint density at radius 2 is 1.88 bits per heavy atom. The van der Waals surface area contributed by atoms with E-state index in [-0.39, 0.29) is 17.4 Å². The SMILES string of the molecule is Cn1cc(C(=O)N2CC[C@@H](c3ccc4c(=O)n(C)c(=O)n(Cc5ccccc5)c4n3)C2)cn1. The number of aromatic nitrogens is 5. The number of hydrogen-bond donors (Lipinski definition) is 0. The van der Waals surface area contributed by atoms with E-state index < -0.39 is 5.69 Å². The Balaban J connectivity index is 1.51. The number of aryl methyl sites for hydroxylation is 1. The van der Waals surface area contributed by atoms with Crippen molar-refractivity contribution >= 4 is 16.9 Å². The lowest BCUT2D eigenvalue weighted by molar-refractivity contribution is 0.0790. The van der Waals surface area contributed by atoms with Gasteiger partial charge >= 0.3 is 5.69 Å². The predicted molar refractivity (Wildman–Crippen MR) is 123 cm³/mol. The molecule has 4 aromatic rings. The minimum absolute atomic E-state index is 0.0272. The number of amides is 1. The summed E-state index contributed by atoms with van der Waals surface area (Å²) in [4.78, 5) is 45.1. The number of fused-ring (bicyclic) bond motifs is 1. The molecule has 1 atom stereocenters. The normalized spacial score (nSPS) is 15.9. The molecule has 1 saturated heterocycles. The van der Waals surface area contributed by atoms with Crippen LogP contribution < -0.4 is 11.2 Å². The van der Waals surface area contributed by atoms with E-state index in [9.17, 15) is 14.4 Å². The van der Waals surface area contributed by atoms with Crippen molar-refractivity contribution in [1.29, 1.82) is 0 Å². The van der Waals surface area contributed by atoms with Crippen molar-refractivity contribution in [2.75, 3.05) is 13.1 Å². The van der Waals surface area contributed by atoms with Crippen LogP contribution in [0.3, 0.4) is 0 Å². The molecule has 1 aliphatic rings. The van der Waals surface area contributed by atoms with Crippen LogP contribution in [0.4, 0.5) is 0 Å². The van der Waals surface area contributed by atoms with Crippen LogP contribution in [0.1, 0.15) is 34.0 Å². The van der Waals surface area contributed by atoms with Gasteiger partial charge in [-0.25, -0.2) is 9.78 Å². The van der Waals surface area contributed by atoms with Gasteiger partial charge in [0.2, 0.25) is 0 Å². The van der Waals surface area contributed by atoms with Gasteiger partial charge in [0, 0.05) is 45.0 Å². The van der Waals surface area contributed by atoms with Gasteiger partial charge in [-0.05, 0) is 24.1 Å². The smallest absolute Gasteiger partial charge is 0.332 e. The van der Waals surface area contributed by atoms with Gasteiger partial charge < -0.3 is 4.90 Å². The summed E-state index contributed by atoms with van der Waals surface area (Å²) in [6, 6.07) is 13.2. The number of benzene rings is 1. The standard InChI is InChI=1S/C24H24N6O3/c1-27-14-18(12-25-27)22(31)29-11-10-17(15-29)20-9-8-19-21(26-20)30(24(33)28(2)23(19)32)13-16-6-4-3-5-7-16/h3-9,12,14,17H,10-11,13,15H2,1-2H3/t17-/m1/s1. The van der Waals surface area contributed by atoms with E-state index >= 15 is 0 Å². The first-order valence-electron chi connectivity index (χ1n) is 10.8. The van der Waals surface area contributed by atoms with Crippen LogP contribution in [0.25, 0.3) is 11.0 Å². The second-order valence-corrected chi connectivity index (χ2v) is 8.47. The summed E-state index contributed by atoms with van der Waals surface area (Å²) in [6.45, 7) is 1.46. The number of nitrogens with zero attached hydrogens (tertiary/aromatic N) is 6. The Labute approximate surface area is 189 Å². The molecule has 1 amide bonds. The molecule has 33 heavy (non-hydrogen) atoms. The van der Waals surface area contributed by atoms with E-state index in [1.807, 2.05) is 36.4 Å². The van der Waals surface area contributed by atoms with Gasteiger partial charge in [0.05, 0.1) is 23.7 Å². The second-order valence-electron chi connectivity index (χ2n) is 8.47. The van der Waals surface area contributed by atoms with Gasteiger partial charge in [0.15, 0.2) is 0 Å². The molecule has 9 nitrogen and oxygen atoms in total. The molecule has 3 aromatic heterocycles. The number of pyridine rings is 1. The van der Waals surface area contributed by atoms with E-state index in [1.54, 1.807) is 39.7 Å². The van der Waals surface area contributed by atoms with E-state index in [0.717, 1.165) is 22.2 Å². The van der Waals surface area contributed by atoms with E-state index in [4.69, 9.17) is 4.98 Å². The molecule has 0 aliphatic carbocycles. The first-order chi connectivity index (χ1) is 15.9. The van der Waals surface area contributed by atoms with Gasteiger partial charge in [0.1, 0.15) is 5.65 Å². The summed E-state index contributed by atoms with van der Waals surface area (Å²) in [7, 11) is 3.26. The first kappa shape index (κ1) is 20.9. The number of hydrogen-bond acceptors (Lipinski definition) is 5. The summed E-state index contributed by atoms with van der Waals surface area (Å²) in [5.41, 5.74) is 1.89. The van der Waals surface area contributed by atoms with Crippen molar-refractivity contribution in [3.8, 4) is 0 Å². The molecule has 0 unspecified atom stereocenters. The van der Waals surface area contributed by atoms with Gasteiger partial charge in [-0.3, -0.25) is 23.4 Å². The molecular weight excluding hydrogens is 420 g/mol. The highest BCUT2D eigenvalue weighted by Crippen LogP contribution is 2.28. The fourth-order valence-corrected chi connectivity index (χ4v) is 4.41. The number of carbonyl (C=O) groups excluding carboxylic acids is 1. The number of carbonyl (C=O) groups is 1. The molecule has 0 N–H and O–H groups in total. The van der Waals surface area contributed by atoms with E-state index in [2.05, 4.69) is 5.10 Å². The van der Waals surface area contributed by atoms with Crippen molar-refractivity contribution in [3.63, 3.8) is 0 Å². The molecule has 9 heteroatoms. The monoisotopic (exact) mass is 444 g/mol. The maximum atomic E-state index is 13.0. The highest BCUT2D eigenvalue weighted by molar-refractivity contribution is 5.94. The third kappa shape index (κ3) is 3.75. The molecule has 1 aliphatic heterocycles. The van der Waals surface area contributed by atoms with Crippen molar-refractivity contribution in [2.45, 2.75) is 18.9 Å². The Kier molecular flexibility index (Phi) is 5.16. The Bertz CT molecular complexity index is 1470. The van der Waals surface area contributed by atoms with Crippen molar-refractivity contribution in [1.82, 2.24) is 28.8 Å². The maximum absolute atomic E-state index is 13.0. The minimum Gasteiger partial charge on any atom is -0.338 e. The lowest BCUT2D eigenvalue weighted by Gasteiger charge is -2.16. The van der Waals surface area contributed by atoms with Crippen LogP contribution in [0.5, 0.6) is 0 Å². The summed E-state index contributed by atoms with van der Waals surface area (Å²) in [5, 5.41) is 4.48. The largest absolute Gasteiger partial charge is 0.338 e. The number of likely N-dealkylation sites (tertiary alicyclic amines) is 1.